The molecule has 0 bridgehead atoms. The van der Waals surface area contributed by atoms with E-state index in [0.29, 0.717) is 30.8 Å². The molecule has 1 atom stereocenters. The second kappa shape index (κ2) is 6.31. The Morgan fingerprint density at radius 1 is 1.27 bits per heavy atom. The van der Waals surface area contributed by atoms with Crippen molar-refractivity contribution in [2.45, 2.75) is 18.9 Å². The number of rotatable bonds is 5. The molecule has 0 aliphatic carbocycles. The van der Waals surface area contributed by atoms with E-state index >= 15 is 0 Å². The third-order valence-electron chi connectivity index (χ3n) is 3.86. The van der Waals surface area contributed by atoms with Crippen molar-refractivity contribution in [1.82, 2.24) is 20.0 Å². The van der Waals surface area contributed by atoms with Crippen LogP contribution in [0.15, 0.2) is 24.0 Å². The molecule has 0 spiro atoms. The van der Waals surface area contributed by atoms with E-state index < -0.39 is 17.9 Å². The Bertz CT molecular complexity index is 553. The minimum atomic E-state index is -0.749. The molecule has 3 amide bonds. The predicted molar refractivity (Wildman–Crippen MR) is 81.4 cm³/mol. The van der Waals surface area contributed by atoms with Crippen molar-refractivity contribution in [2.24, 2.45) is 0 Å². The number of likely N-dealkylation sites (N-methyl/N-ethyl adjacent to an activating group) is 2. The maximum Gasteiger partial charge on any atom is 0.277 e. The van der Waals surface area contributed by atoms with Gasteiger partial charge in [0, 0.05) is 31.9 Å². The standard InChI is InChI=1S/C15H22N4O3/c1-10-5-6-11(14(21)16-10)19-13(20)9-12(15(19)22)18(4)8-7-17(2)3/h9,11H,1,5-8H2,2-4H3,(H,16,21). The average Bonchev–Trinajstić information content (AvgIpc) is 2.72. The fourth-order valence-corrected chi connectivity index (χ4v) is 2.52. The van der Waals surface area contributed by atoms with Crippen LogP contribution < -0.4 is 5.32 Å². The van der Waals surface area contributed by atoms with Crippen molar-refractivity contribution in [1.29, 1.82) is 0 Å². The highest BCUT2D eigenvalue weighted by Crippen LogP contribution is 2.24. The van der Waals surface area contributed by atoms with Crippen LogP contribution in [0.5, 0.6) is 0 Å². The Hall–Kier alpha value is -2.15. The number of hydrogen-bond donors (Lipinski definition) is 1. The van der Waals surface area contributed by atoms with E-state index in [9.17, 15) is 14.4 Å². The van der Waals surface area contributed by atoms with Gasteiger partial charge in [-0.15, -0.1) is 0 Å². The van der Waals surface area contributed by atoms with Crippen LogP contribution in [0.4, 0.5) is 0 Å². The molecular weight excluding hydrogens is 284 g/mol. The maximum absolute atomic E-state index is 12.5. The molecule has 2 heterocycles. The summed E-state index contributed by atoms with van der Waals surface area (Å²) in [6.45, 7) is 5.09. The zero-order valence-corrected chi connectivity index (χ0v) is 13.3. The molecule has 7 nitrogen and oxygen atoms in total. The van der Waals surface area contributed by atoms with Crippen molar-refractivity contribution in [2.75, 3.05) is 34.2 Å². The molecule has 1 N–H and O–H groups in total. The number of carbonyl (C=O) groups is 3. The lowest BCUT2D eigenvalue weighted by molar-refractivity contribution is -0.146. The van der Waals surface area contributed by atoms with E-state index in [1.807, 2.05) is 19.0 Å². The summed E-state index contributed by atoms with van der Waals surface area (Å²) in [4.78, 5) is 41.5. The molecule has 0 saturated carbocycles. The predicted octanol–water partition coefficient (Wildman–Crippen LogP) is -0.475. The van der Waals surface area contributed by atoms with Crippen molar-refractivity contribution >= 4 is 17.7 Å². The Balaban J connectivity index is 2.08. The lowest BCUT2D eigenvalue weighted by Gasteiger charge is -2.30. The van der Waals surface area contributed by atoms with E-state index in [2.05, 4.69) is 11.9 Å². The zero-order chi connectivity index (χ0) is 16.4. The molecule has 2 aliphatic heterocycles. The number of nitrogens with one attached hydrogen (secondary N) is 1. The molecule has 22 heavy (non-hydrogen) atoms. The number of hydrogen-bond acceptors (Lipinski definition) is 5. The van der Waals surface area contributed by atoms with E-state index in [1.165, 1.54) is 6.08 Å². The number of amides is 3. The van der Waals surface area contributed by atoms with Crippen molar-refractivity contribution in [3.05, 3.63) is 24.0 Å². The van der Waals surface area contributed by atoms with Crippen LogP contribution in [0.25, 0.3) is 0 Å². The van der Waals surface area contributed by atoms with Gasteiger partial charge in [0.1, 0.15) is 11.7 Å². The van der Waals surface area contributed by atoms with E-state index in [4.69, 9.17) is 0 Å². The van der Waals surface area contributed by atoms with E-state index in [1.54, 1.807) is 11.9 Å². The summed E-state index contributed by atoms with van der Waals surface area (Å²) >= 11 is 0. The second-order valence-electron chi connectivity index (χ2n) is 5.92. The van der Waals surface area contributed by atoms with Crippen molar-refractivity contribution in [3.8, 4) is 0 Å². The maximum atomic E-state index is 12.5. The van der Waals surface area contributed by atoms with Crippen molar-refractivity contribution in [3.63, 3.8) is 0 Å². The van der Waals surface area contributed by atoms with Crippen molar-refractivity contribution < 1.29 is 14.4 Å². The largest absolute Gasteiger partial charge is 0.369 e. The minimum absolute atomic E-state index is 0.337. The number of allylic oxidation sites excluding steroid dienone is 1. The van der Waals surface area contributed by atoms with Gasteiger partial charge in [0.25, 0.3) is 11.8 Å². The number of nitrogens with zero attached hydrogens (tertiary/aromatic N) is 3. The van der Waals surface area contributed by atoms with Crippen LogP contribution in [-0.4, -0.2) is 72.7 Å². The number of imide groups is 1. The van der Waals surface area contributed by atoms with E-state index in [-0.39, 0.29) is 5.91 Å². The van der Waals surface area contributed by atoms with Gasteiger partial charge >= 0.3 is 0 Å². The lowest BCUT2D eigenvalue weighted by Crippen LogP contribution is -2.52. The zero-order valence-electron chi connectivity index (χ0n) is 13.3. The first-order valence-electron chi connectivity index (χ1n) is 7.25. The molecule has 0 radical (unpaired) electrons. The summed E-state index contributed by atoms with van der Waals surface area (Å²) in [6, 6.07) is -0.749. The molecule has 0 aromatic rings. The monoisotopic (exact) mass is 306 g/mol. The van der Waals surface area contributed by atoms with E-state index in [0.717, 1.165) is 11.4 Å². The lowest BCUT2D eigenvalue weighted by atomic mass is 10.0. The van der Waals surface area contributed by atoms with Crippen LogP contribution >= 0.6 is 0 Å². The number of carbonyl (C=O) groups excluding carboxylic acids is 3. The van der Waals surface area contributed by atoms with Crippen LogP contribution in [0.1, 0.15) is 12.8 Å². The van der Waals surface area contributed by atoms with Gasteiger partial charge < -0.3 is 15.1 Å². The van der Waals surface area contributed by atoms with Gasteiger partial charge in [0.05, 0.1) is 0 Å². The van der Waals surface area contributed by atoms with Crippen LogP contribution in [0, 0.1) is 0 Å². The molecule has 1 unspecified atom stereocenters. The van der Waals surface area contributed by atoms with Gasteiger partial charge in [0.15, 0.2) is 0 Å². The molecular formula is C15H22N4O3. The van der Waals surface area contributed by atoms with Gasteiger partial charge in [-0.1, -0.05) is 6.58 Å². The van der Waals surface area contributed by atoms with Crippen LogP contribution in [0.2, 0.25) is 0 Å². The summed E-state index contributed by atoms with van der Waals surface area (Å²) < 4.78 is 0. The molecule has 1 saturated heterocycles. The summed E-state index contributed by atoms with van der Waals surface area (Å²) in [5.74, 6) is -1.17. The first kappa shape index (κ1) is 16.2. The quantitative estimate of drug-likeness (QED) is 0.695. The second-order valence-corrected chi connectivity index (χ2v) is 5.92. The topological polar surface area (TPSA) is 73.0 Å². The van der Waals surface area contributed by atoms with Gasteiger partial charge in [-0.2, -0.15) is 0 Å². The fraction of sp³-hybridized carbons (Fsp3) is 0.533. The average molecular weight is 306 g/mol. The third kappa shape index (κ3) is 3.19. The molecule has 7 heteroatoms. The highest BCUT2D eigenvalue weighted by Gasteiger charge is 2.42. The molecule has 0 aromatic carbocycles. The Kier molecular flexibility index (Phi) is 4.65. The molecule has 0 aromatic heterocycles. The normalized spacial score (nSPS) is 22.3. The highest BCUT2D eigenvalue weighted by atomic mass is 16.2. The SMILES string of the molecule is C=C1CCC(N2C(=O)C=C(N(C)CCN(C)C)C2=O)C(=O)N1. The minimum Gasteiger partial charge on any atom is -0.369 e. The van der Waals surface area contributed by atoms with Gasteiger partial charge in [0.2, 0.25) is 5.91 Å². The van der Waals surface area contributed by atoms with Gasteiger partial charge in [-0.05, 0) is 26.9 Å². The molecule has 2 aliphatic rings. The summed E-state index contributed by atoms with van der Waals surface area (Å²) in [6.07, 6.45) is 2.30. The summed E-state index contributed by atoms with van der Waals surface area (Å²) in [5.41, 5.74) is 0.959. The smallest absolute Gasteiger partial charge is 0.277 e. The fourth-order valence-electron chi connectivity index (χ4n) is 2.52. The third-order valence-corrected chi connectivity index (χ3v) is 3.86. The Morgan fingerprint density at radius 2 is 1.95 bits per heavy atom. The van der Waals surface area contributed by atoms with Crippen LogP contribution in [0.3, 0.4) is 0 Å². The van der Waals surface area contributed by atoms with Gasteiger partial charge in [-0.25, -0.2) is 0 Å². The number of piperidine rings is 1. The highest BCUT2D eigenvalue weighted by molar-refractivity contribution is 6.17. The molecule has 2 rings (SSSR count). The van der Waals surface area contributed by atoms with Gasteiger partial charge in [-0.3, -0.25) is 19.3 Å². The first-order valence-corrected chi connectivity index (χ1v) is 7.25. The van der Waals surface area contributed by atoms with Crippen LogP contribution in [-0.2, 0) is 14.4 Å². The molecule has 120 valence electrons. The summed E-state index contributed by atoms with van der Waals surface area (Å²) in [5, 5.41) is 2.61. The Morgan fingerprint density at radius 3 is 2.55 bits per heavy atom. The Labute approximate surface area is 130 Å². The first-order chi connectivity index (χ1) is 10.3. The molecule has 1 fully saturated rings. The summed E-state index contributed by atoms with van der Waals surface area (Å²) in [7, 11) is 5.65.